The molecular weight excluding hydrogens is 195 g/mol. The molecule has 1 aromatic rings. The Morgan fingerprint density at radius 2 is 1.62 bits per heavy atom. The summed E-state index contributed by atoms with van der Waals surface area (Å²) in [6.45, 7) is 1.23. The first-order valence-corrected chi connectivity index (χ1v) is 3.85. The van der Waals surface area contributed by atoms with Crippen LogP contribution >= 0.6 is 12.4 Å². The molecule has 0 radical (unpaired) electrons. The van der Waals surface area contributed by atoms with Crippen molar-refractivity contribution in [2.45, 2.75) is 6.29 Å². The summed E-state index contributed by atoms with van der Waals surface area (Å²) in [5.74, 6) is -0.239. The standard InChI is InChI=1S/C9H9FO2.ClH/c10-8-3-1-7(2-4-8)9-11-5-6-12-9;/h1-4,9H,5-6H2;1H. The van der Waals surface area contributed by atoms with Crippen molar-refractivity contribution in [3.8, 4) is 0 Å². The zero-order valence-electron chi connectivity index (χ0n) is 6.90. The van der Waals surface area contributed by atoms with E-state index in [1.54, 1.807) is 12.1 Å². The summed E-state index contributed by atoms with van der Waals surface area (Å²) in [4.78, 5) is 0. The molecule has 1 fully saturated rings. The number of hydrogen-bond acceptors (Lipinski definition) is 2. The van der Waals surface area contributed by atoms with Crippen molar-refractivity contribution in [2.75, 3.05) is 13.2 Å². The summed E-state index contributed by atoms with van der Waals surface area (Å²) < 4.78 is 23.0. The molecule has 0 aliphatic carbocycles. The highest BCUT2D eigenvalue weighted by Gasteiger charge is 2.17. The molecule has 1 aromatic carbocycles. The lowest BCUT2D eigenvalue weighted by atomic mass is 10.2. The second kappa shape index (κ2) is 4.56. The van der Waals surface area contributed by atoms with Gasteiger partial charge in [-0.25, -0.2) is 4.39 Å². The number of rotatable bonds is 1. The maximum atomic E-state index is 12.5. The summed E-state index contributed by atoms with van der Waals surface area (Å²) in [6.07, 6.45) is -0.300. The van der Waals surface area contributed by atoms with E-state index in [0.29, 0.717) is 13.2 Å². The van der Waals surface area contributed by atoms with Gasteiger partial charge in [-0.2, -0.15) is 0 Å². The van der Waals surface area contributed by atoms with E-state index in [2.05, 4.69) is 0 Å². The van der Waals surface area contributed by atoms with Crippen molar-refractivity contribution < 1.29 is 13.9 Å². The fourth-order valence-corrected chi connectivity index (χ4v) is 1.17. The van der Waals surface area contributed by atoms with Crippen LogP contribution in [0.3, 0.4) is 0 Å². The van der Waals surface area contributed by atoms with Gasteiger partial charge in [0.15, 0.2) is 6.29 Å². The molecule has 0 bridgehead atoms. The first kappa shape index (κ1) is 10.4. The van der Waals surface area contributed by atoms with Crippen LogP contribution in [0.2, 0.25) is 0 Å². The maximum Gasteiger partial charge on any atom is 0.184 e. The van der Waals surface area contributed by atoms with Crippen LogP contribution in [-0.2, 0) is 9.47 Å². The SMILES string of the molecule is Cl.Fc1ccc(C2OCCO2)cc1. The Kier molecular flexibility index (Phi) is 3.66. The normalized spacial score (nSPS) is 17.0. The molecule has 4 heteroatoms. The Morgan fingerprint density at radius 1 is 1.08 bits per heavy atom. The van der Waals surface area contributed by atoms with Gasteiger partial charge in [0, 0.05) is 5.56 Å². The molecule has 0 N–H and O–H groups in total. The van der Waals surface area contributed by atoms with Gasteiger partial charge < -0.3 is 9.47 Å². The van der Waals surface area contributed by atoms with Gasteiger partial charge in [0.2, 0.25) is 0 Å². The minimum Gasteiger partial charge on any atom is -0.346 e. The molecule has 0 amide bonds. The van der Waals surface area contributed by atoms with E-state index in [1.165, 1.54) is 12.1 Å². The molecule has 1 saturated heterocycles. The Morgan fingerprint density at radius 3 is 2.15 bits per heavy atom. The molecule has 0 aromatic heterocycles. The smallest absolute Gasteiger partial charge is 0.184 e. The van der Waals surface area contributed by atoms with Gasteiger partial charge in [0.25, 0.3) is 0 Å². The molecule has 1 aliphatic heterocycles. The monoisotopic (exact) mass is 204 g/mol. The van der Waals surface area contributed by atoms with Gasteiger partial charge in [0.1, 0.15) is 5.82 Å². The lowest BCUT2D eigenvalue weighted by molar-refractivity contribution is -0.0441. The average molecular weight is 205 g/mol. The third kappa shape index (κ3) is 2.40. The molecule has 0 spiro atoms. The van der Waals surface area contributed by atoms with Crippen molar-refractivity contribution >= 4 is 12.4 Å². The van der Waals surface area contributed by atoms with Crippen LogP contribution in [0, 0.1) is 5.82 Å². The second-order valence-electron chi connectivity index (χ2n) is 2.63. The van der Waals surface area contributed by atoms with Crippen molar-refractivity contribution in [2.24, 2.45) is 0 Å². The predicted octanol–water partition coefficient (Wildman–Crippen LogP) is 2.29. The van der Waals surface area contributed by atoms with Gasteiger partial charge >= 0.3 is 0 Å². The van der Waals surface area contributed by atoms with Crippen LogP contribution in [0.15, 0.2) is 24.3 Å². The Hall–Kier alpha value is -0.640. The second-order valence-corrected chi connectivity index (χ2v) is 2.63. The largest absolute Gasteiger partial charge is 0.346 e. The zero-order chi connectivity index (χ0) is 8.39. The fraction of sp³-hybridized carbons (Fsp3) is 0.333. The third-order valence-corrected chi connectivity index (χ3v) is 1.76. The Labute approximate surface area is 82.1 Å². The van der Waals surface area contributed by atoms with Crippen molar-refractivity contribution in [1.82, 2.24) is 0 Å². The van der Waals surface area contributed by atoms with Crippen LogP contribution in [0.5, 0.6) is 0 Å². The van der Waals surface area contributed by atoms with Crippen molar-refractivity contribution in [3.63, 3.8) is 0 Å². The number of benzene rings is 1. The van der Waals surface area contributed by atoms with Crippen molar-refractivity contribution in [3.05, 3.63) is 35.6 Å². The molecule has 0 saturated carbocycles. The molecule has 13 heavy (non-hydrogen) atoms. The molecular formula is C9H10ClFO2. The minimum atomic E-state index is -0.300. The van der Waals surface area contributed by atoms with Crippen LogP contribution < -0.4 is 0 Å². The van der Waals surface area contributed by atoms with Gasteiger partial charge in [-0.15, -0.1) is 12.4 Å². The molecule has 0 atom stereocenters. The highest BCUT2D eigenvalue weighted by molar-refractivity contribution is 5.85. The van der Waals surface area contributed by atoms with E-state index < -0.39 is 0 Å². The summed E-state index contributed by atoms with van der Waals surface area (Å²) >= 11 is 0. The van der Waals surface area contributed by atoms with Crippen LogP contribution in [0.25, 0.3) is 0 Å². The minimum absolute atomic E-state index is 0. The first-order valence-electron chi connectivity index (χ1n) is 3.85. The molecule has 2 rings (SSSR count). The van der Waals surface area contributed by atoms with Crippen molar-refractivity contribution in [1.29, 1.82) is 0 Å². The van der Waals surface area contributed by atoms with Gasteiger partial charge in [-0.3, -0.25) is 0 Å². The summed E-state index contributed by atoms with van der Waals surface area (Å²) in [5.41, 5.74) is 0.869. The van der Waals surface area contributed by atoms with E-state index in [0.717, 1.165) is 5.56 Å². The lowest BCUT2D eigenvalue weighted by Crippen LogP contribution is -1.97. The number of halogens is 2. The third-order valence-electron chi connectivity index (χ3n) is 1.76. The number of ether oxygens (including phenoxy) is 2. The topological polar surface area (TPSA) is 18.5 Å². The van der Waals surface area contributed by atoms with Gasteiger partial charge in [-0.1, -0.05) is 12.1 Å². The lowest BCUT2D eigenvalue weighted by Gasteiger charge is -2.07. The predicted molar refractivity (Wildman–Crippen MR) is 48.3 cm³/mol. The average Bonchev–Trinajstić information content (AvgIpc) is 2.58. The van der Waals surface area contributed by atoms with Crippen LogP contribution in [-0.4, -0.2) is 13.2 Å². The quantitative estimate of drug-likeness (QED) is 0.699. The summed E-state index contributed by atoms with van der Waals surface area (Å²) in [6, 6.07) is 6.15. The molecule has 2 nitrogen and oxygen atoms in total. The molecule has 1 heterocycles. The first-order chi connectivity index (χ1) is 5.86. The highest BCUT2D eigenvalue weighted by Crippen LogP contribution is 2.22. The molecule has 72 valence electrons. The Balaban J connectivity index is 0.000000845. The fourth-order valence-electron chi connectivity index (χ4n) is 1.17. The maximum absolute atomic E-state index is 12.5. The number of hydrogen-bond donors (Lipinski definition) is 0. The van der Waals surface area contributed by atoms with Gasteiger partial charge in [0.05, 0.1) is 13.2 Å². The zero-order valence-corrected chi connectivity index (χ0v) is 7.72. The highest BCUT2D eigenvalue weighted by atomic mass is 35.5. The van der Waals surface area contributed by atoms with E-state index in [1.807, 2.05) is 0 Å². The van der Waals surface area contributed by atoms with E-state index in [-0.39, 0.29) is 24.5 Å². The van der Waals surface area contributed by atoms with E-state index >= 15 is 0 Å². The molecule has 1 aliphatic rings. The summed E-state index contributed by atoms with van der Waals surface area (Å²) in [7, 11) is 0. The van der Waals surface area contributed by atoms with Crippen LogP contribution in [0.4, 0.5) is 4.39 Å². The van der Waals surface area contributed by atoms with E-state index in [9.17, 15) is 4.39 Å². The Bertz CT molecular complexity index is 257. The summed E-state index contributed by atoms with van der Waals surface area (Å²) in [5, 5.41) is 0. The van der Waals surface area contributed by atoms with Gasteiger partial charge in [-0.05, 0) is 12.1 Å². The van der Waals surface area contributed by atoms with E-state index in [4.69, 9.17) is 9.47 Å². The molecule has 0 unspecified atom stereocenters. The van der Waals surface area contributed by atoms with Crippen LogP contribution in [0.1, 0.15) is 11.9 Å².